The molecule has 20 heavy (non-hydrogen) atoms. The first-order valence-electron chi connectivity index (χ1n) is 5.39. The Bertz CT molecular complexity index is 858. The molecule has 8 heteroatoms. The molecule has 0 atom stereocenters. The zero-order valence-electron chi connectivity index (χ0n) is 9.62. The summed E-state index contributed by atoms with van der Waals surface area (Å²) in [5.41, 5.74) is -0.251. The summed E-state index contributed by atoms with van der Waals surface area (Å²) in [5.74, 6) is -6.02. The summed E-state index contributed by atoms with van der Waals surface area (Å²) in [5, 5.41) is 0. The van der Waals surface area contributed by atoms with Crippen LogP contribution in [0.1, 0.15) is 0 Å². The quantitative estimate of drug-likeness (QED) is 0.423. The number of rotatable bonds is 1. The smallest absolute Gasteiger partial charge is 0.186 e. The van der Waals surface area contributed by atoms with E-state index in [0.717, 1.165) is 4.57 Å². The van der Waals surface area contributed by atoms with Crippen LogP contribution in [0.15, 0.2) is 24.5 Å². The summed E-state index contributed by atoms with van der Waals surface area (Å²) in [6.07, 6.45) is 2.75. The van der Waals surface area contributed by atoms with E-state index >= 15 is 0 Å². The molecule has 0 radical (unpaired) electrons. The van der Waals surface area contributed by atoms with Gasteiger partial charge in [0.2, 0.25) is 0 Å². The fourth-order valence-electron chi connectivity index (χ4n) is 1.94. The highest BCUT2D eigenvalue weighted by Gasteiger charge is 2.22. The third-order valence-corrected chi connectivity index (χ3v) is 3.08. The minimum Gasteiger partial charge on any atom is -0.329 e. The number of pyridine rings is 1. The first-order valence-corrected chi connectivity index (χ1v) is 5.79. The number of imidazole rings is 1. The number of benzene rings is 1. The van der Waals surface area contributed by atoms with E-state index in [1.807, 2.05) is 0 Å². The second kappa shape index (κ2) is 4.41. The van der Waals surface area contributed by atoms with Crippen LogP contribution in [0.2, 0.25) is 0 Å². The van der Waals surface area contributed by atoms with E-state index in [9.17, 15) is 17.6 Å². The van der Waals surface area contributed by atoms with Gasteiger partial charge in [0, 0.05) is 12.3 Å². The predicted molar refractivity (Wildman–Crippen MR) is 66.1 cm³/mol. The Morgan fingerprint density at radius 3 is 2.40 bits per heavy atom. The van der Waals surface area contributed by atoms with Crippen LogP contribution in [0.25, 0.3) is 16.7 Å². The highest BCUT2D eigenvalue weighted by atomic mass is 32.1. The molecule has 0 amide bonds. The number of nitrogens with zero attached hydrogens (tertiary/aromatic N) is 2. The molecule has 3 rings (SSSR count). The topological polar surface area (TPSA) is 33.6 Å². The van der Waals surface area contributed by atoms with Crippen molar-refractivity contribution in [2.24, 2.45) is 0 Å². The molecule has 2 heterocycles. The number of halogens is 4. The van der Waals surface area contributed by atoms with Gasteiger partial charge in [-0.1, -0.05) is 0 Å². The molecule has 1 aromatic carbocycles. The molecule has 0 spiro atoms. The van der Waals surface area contributed by atoms with Crippen molar-refractivity contribution in [3.05, 3.63) is 52.6 Å². The summed E-state index contributed by atoms with van der Waals surface area (Å²) in [6.45, 7) is 0. The number of hydrogen-bond donors (Lipinski definition) is 1. The zero-order valence-corrected chi connectivity index (χ0v) is 10.4. The van der Waals surface area contributed by atoms with Crippen LogP contribution in [0.5, 0.6) is 0 Å². The maximum Gasteiger partial charge on any atom is 0.186 e. The molecule has 102 valence electrons. The van der Waals surface area contributed by atoms with Crippen molar-refractivity contribution in [3.63, 3.8) is 0 Å². The summed E-state index contributed by atoms with van der Waals surface area (Å²) < 4.78 is 55.0. The first-order chi connectivity index (χ1) is 9.50. The normalized spacial score (nSPS) is 11.2. The lowest BCUT2D eigenvalue weighted by Gasteiger charge is -2.08. The van der Waals surface area contributed by atoms with Crippen molar-refractivity contribution >= 4 is 23.3 Å². The zero-order chi connectivity index (χ0) is 14.4. The Hall–Kier alpha value is -2.22. The van der Waals surface area contributed by atoms with Crippen LogP contribution in [0.3, 0.4) is 0 Å². The maximum atomic E-state index is 13.8. The molecule has 2 aromatic heterocycles. The average molecular weight is 299 g/mol. The number of hydrogen-bond acceptors (Lipinski definition) is 2. The Morgan fingerprint density at radius 1 is 1.10 bits per heavy atom. The minimum absolute atomic E-state index is 0.101. The van der Waals surface area contributed by atoms with Crippen molar-refractivity contribution in [3.8, 4) is 5.69 Å². The third kappa shape index (κ3) is 1.72. The van der Waals surface area contributed by atoms with E-state index in [1.165, 1.54) is 18.5 Å². The molecule has 0 bridgehead atoms. The number of nitrogens with one attached hydrogen (secondary N) is 1. The molecule has 0 aliphatic heterocycles. The van der Waals surface area contributed by atoms with Gasteiger partial charge < -0.3 is 4.98 Å². The largest absolute Gasteiger partial charge is 0.329 e. The van der Waals surface area contributed by atoms with Crippen molar-refractivity contribution in [2.75, 3.05) is 0 Å². The molecular formula is C12H5F4N3S. The van der Waals surface area contributed by atoms with Gasteiger partial charge in [-0.15, -0.1) is 0 Å². The fraction of sp³-hybridized carbons (Fsp3) is 0. The van der Waals surface area contributed by atoms with Crippen LogP contribution in [-0.4, -0.2) is 14.5 Å². The highest BCUT2D eigenvalue weighted by molar-refractivity contribution is 7.71. The van der Waals surface area contributed by atoms with Crippen molar-refractivity contribution in [1.29, 1.82) is 0 Å². The van der Waals surface area contributed by atoms with Gasteiger partial charge in [0.05, 0.1) is 17.2 Å². The first kappa shape index (κ1) is 12.8. The fourth-order valence-corrected chi connectivity index (χ4v) is 2.24. The van der Waals surface area contributed by atoms with Crippen molar-refractivity contribution < 1.29 is 17.6 Å². The molecule has 0 saturated carbocycles. The monoisotopic (exact) mass is 299 g/mol. The molecular weight excluding hydrogens is 294 g/mol. The van der Waals surface area contributed by atoms with E-state index in [4.69, 9.17) is 12.2 Å². The van der Waals surface area contributed by atoms with Gasteiger partial charge in [-0.05, 0) is 18.3 Å². The maximum absolute atomic E-state index is 13.8. The number of H-pyrrole nitrogens is 1. The van der Waals surface area contributed by atoms with E-state index in [0.29, 0.717) is 5.52 Å². The van der Waals surface area contributed by atoms with Crippen LogP contribution in [0.4, 0.5) is 17.6 Å². The molecule has 3 nitrogen and oxygen atoms in total. The molecule has 0 aliphatic carbocycles. The molecule has 0 aliphatic rings. The summed E-state index contributed by atoms with van der Waals surface area (Å²) >= 11 is 4.94. The lowest BCUT2D eigenvalue weighted by Crippen LogP contribution is -2.06. The Morgan fingerprint density at radius 2 is 1.75 bits per heavy atom. The standard InChI is InChI=1S/C12H5F4N3S/c13-5-3-6(14)10(16)11(9(5)15)19-8-1-2-17-4-7(8)18-12(19)20/h1-4H,(H,18,20). The van der Waals surface area contributed by atoms with Gasteiger partial charge in [-0.25, -0.2) is 17.6 Å². The second-order valence-electron chi connectivity index (χ2n) is 3.98. The van der Waals surface area contributed by atoms with Gasteiger partial charge in [0.15, 0.2) is 28.0 Å². The van der Waals surface area contributed by atoms with Crippen molar-refractivity contribution in [2.45, 2.75) is 0 Å². The van der Waals surface area contributed by atoms with Gasteiger partial charge in [0.1, 0.15) is 5.69 Å². The molecule has 0 unspecified atom stereocenters. The lowest BCUT2D eigenvalue weighted by atomic mass is 10.2. The Balaban J connectivity index is 2.49. The van der Waals surface area contributed by atoms with Gasteiger partial charge in [-0.2, -0.15) is 0 Å². The Kier molecular flexibility index (Phi) is 2.82. The van der Waals surface area contributed by atoms with Crippen LogP contribution in [-0.2, 0) is 0 Å². The van der Waals surface area contributed by atoms with E-state index in [-0.39, 0.29) is 16.4 Å². The number of aromatic amines is 1. The molecule has 0 saturated heterocycles. The highest BCUT2D eigenvalue weighted by Crippen LogP contribution is 2.26. The average Bonchev–Trinajstić information content (AvgIpc) is 2.74. The van der Waals surface area contributed by atoms with Gasteiger partial charge in [-0.3, -0.25) is 9.55 Å². The summed E-state index contributed by atoms with van der Waals surface area (Å²) in [4.78, 5) is 6.47. The number of aromatic nitrogens is 3. The molecule has 3 aromatic rings. The molecule has 0 fully saturated rings. The van der Waals surface area contributed by atoms with Crippen LogP contribution < -0.4 is 0 Å². The van der Waals surface area contributed by atoms with Gasteiger partial charge in [0.25, 0.3) is 0 Å². The van der Waals surface area contributed by atoms with Gasteiger partial charge >= 0.3 is 0 Å². The summed E-state index contributed by atoms with van der Waals surface area (Å²) in [6, 6.07) is 1.57. The third-order valence-electron chi connectivity index (χ3n) is 2.80. The lowest BCUT2D eigenvalue weighted by molar-refractivity contribution is 0.448. The van der Waals surface area contributed by atoms with E-state index in [2.05, 4.69) is 9.97 Å². The molecule has 1 N–H and O–H groups in total. The predicted octanol–water partition coefficient (Wildman–Crippen LogP) is 3.64. The Labute approximate surface area is 114 Å². The number of fused-ring (bicyclic) bond motifs is 1. The summed E-state index contributed by atoms with van der Waals surface area (Å²) in [7, 11) is 0. The van der Waals surface area contributed by atoms with Crippen LogP contribution in [0, 0.1) is 28.0 Å². The van der Waals surface area contributed by atoms with Crippen LogP contribution >= 0.6 is 12.2 Å². The SMILES string of the molecule is Fc1cc(F)c(F)c(-n2c(=S)[nH]c3cnccc32)c1F. The van der Waals surface area contributed by atoms with Crippen molar-refractivity contribution in [1.82, 2.24) is 14.5 Å². The van der Waals surface area contributed by atoms with E-state index in [1.54, 1.807) is 0 Å². The minimum atomic E-state index is -1.52. The van der Waals surface area contributed by atoms with E-state index < -0.39 is 29.0 Å². The second-order valence-corrected chi connectivity index (χ2v) is 4.36.